The monoisotopic (exact) mass is 276 g/mol. The fourth-order valence-electron chi connectivity index (χ4n) is 2.52. The zero-order valence-electron chi connectivity index (χ0n) is 12.9. The number of aryl methyl sites for hydroxylation is 2. The van der Waals surface area contributed by atoms with E-state index < -0.39 is 0 Å². The fraction of sp³-hybridized carbons (Fsp3) is 0.571. The molecule has 2 aromatic heterocycles. The zero-order chi connectivity index (χ0) is 14.9. The van der Waals surface area contributed by atoms with Crippen LogP contribution in [0.1, 0.15) is 48.6 Å². The van der Waals surface area contributed by atoms with E-state index in [1.165, 1.54) is 0 Å². The smallest absolute Gasteiger partial charge is 0.0644 e. The number of nitrogens with two attached hydrogens (primary N) is 1. The predicted molar refractivity (Wildman–Crippen MR) is 79.1 cm³/mol. The van der Waals surface area contributed by atoms with Crippen molar-refractivity contribution < 1.29 is 0 Å². The van der Waals surface area contributed by atoms with Crippen molar-refractivity contribution >= 4 is 0 Å². The predicted octanol–water partition coefficient (Wildman–Crippen LogP) is 1.56. The minimum absolute atomic E-state index is 0.0270. The first-order valence-electron chi connectivity index (χ1n) is 6.94. The standard InChI is InChI=1S/C14H24N6/c1-9(2)20-7-6-12(18-20)8-13(16-15)14-10(3)17-19(5)11(14)4/h6-7,9,13,16H,8,15H2,1-5H3. The molecule has 0 aliphatic heterocycles. The third-order valence-electron chi connectivity index (χ3n) is 3.72. The van der Waals surface area contributed by atoms with E-state index in [1.54, 1.807) is 0 Å². The molecule has 6 heteroatoms. The summed E-state index contributed by atoms with van der Waals surface area (Å²) in [5.74, 6) is 5.74. The van der Waals surface area contributed by atoms with Gasteiger partial charge in [0.25, 0.3) is 0 Å². The van der Waals surface area contributed by atoms with Crippen LogP contribution in [0.15, 0.2) is 12.3 Å². The highest BCUT2D eigenvalue weighted by Gasteiger charge is 2.20. The van der Waals surface area contributed by atoms with Crippen LogP contribution in [0.3, 0.4) is 0 Å². The van der Waals surface area contributed by atoms with Crippen LogP contribution in [0.2, 0.25) is 0 Å². The lowest BCUT2D eigenvalue weighted by Crippen LogP contribution is -2.30. The quantitative estimate of drug-likeness (QED) is 0.642. The van der Waals surface area contributed by atoms with Gasteiger partial charge in [0.15, 0.2) is 0 Å². The van der Waals surface area contributed by atoms with Gasteiger partial charge < -0.3 is 0 Å². The van der Waals surface area contributed by atoms with Crippen molar-refractivity contribution in [1.82, 2.24) is 25.0 Å². The van der Waals surface area contributed by atoms with E-state index in [-0.39, 0.29) is 6.04 Å². The molecule has 0 amide bonds. The van der Waals surface area contributed by atoms with Crippen LogP contribution in [0.5, 0.6) is 0 Å². The summed E-state index contributed by atoms with van der Waals surface area (Å²) in [6.45, 7) is 8.31. The Morgan fingerprint density at radius 2 is 2.00 bits per heavy atom. The van der Waals surface area contributed by atoms with E-state index in [2.05, 4.69) is 36.4 Å². The summed E-state index contributed by atoms with van der Waals surface area (Å²) in [6.07, 6.45) is 2.76. The van der Waals surface area contributed by atoms with Crippen LogP contribution in [0.25, 0.3) is 0 Å². The van der Waals surface area contributed by atoms with E-state index in [1.807, 2.05) is 35.6 Å². The molecule has 2 heterocycles. The molecule has 0 saturated carbocycles. The maximum absolute atomic E-state index is 5.74. The second kappa shape index (κ2) is 5.76. The second-order valence-electron chi connectivity index (χ2n) is 5.51. The maximum atomic E-state index is 5.74. The first-order valence-corrected chi connectivity index (χ1v) is 6.94. The van der Waals surface area contributed by atoms with Crippen LogP contribution in [0, 0.1) is 13.8 Å². The van der Waals surface area contributed by atoms with Gasteiger partial charge in [0, 0.05) is 37.0 Å². The molecule has 6 nitrogen and oxygen atoms in total. The fourth-order valence-corrected chi connectivity index (χ4v) is 2.52. The Balaban J connectivity index is 2.24. The van der Waals surface area contributed by atoms with Crippen molar-refractivity contribution in [3.05, 3.63) is 34.9 Å². The summed E-state index contributed by atoms with van der Waals surface area (Å²) in [6, 6.07) is 2.44. The molecular formula is C14H24N6. The minimum atomic E-state index is 0.0270. The lowest BCUT2D eigenvalue weighted by molar-refractivity contribution is 0.505. The topological polar surface area (TPSA) is 73.7 Å². The number of hydrogen-bond donors (Lipinski definition) is 2. The SMILES string of the molecule is Cc1nn(C)c(C)c1C(Cc1ccn(C(C)C)n1)NN. The molecular weight excluding hydrogens is 252 g/mol. The molecule has 0 radical (unpaired) electrons. The van der Waals surface area contributed by atoms with E-state index in [0.29, 0.717) is 6.04 Å². The third kappa shape index (κ3) is 2.76. The molecule has 0 aromatic carbocycles. The van der Waals surface area contributed by atoms with Crippen LogP contribution in [-0.2, 0) is 13.5 Å². The van der Waals surface area contributed by atoms with Crippen molar-refractivity contribution in [3.63, 3.8) is 0 Å². The summed E-state index contributed by atoms with van der Waals surface area (Å²) >= 11 is 0. The summed E-state index contributed by atoms with van der Waals surface area (Å²) in [5.41, 5.74) is 7.23. The number of rotatable bonds is 5. The van der Waals surface area contributed by atoms with E-state index in [4.69, 9.17) is 5.84 Å². The highest BCUT2D eigenvalue weighted by atomic mass is 15.3. The van der Waals surface area contributed by atoms with Gasteiger partial charge in [0.1, 0.15) is 0 Å². The van der Waals surface area contributed by atoms with Gasteiger partial charge in [0.05, 0.1) is 17.4 Å². The second-order valence-corrected chi connectivity index (χ2v) is 5.51. The Bertz CT molecular complexity index is 580. The number of nitrogens with one attached hydrogen (secondary N) is 1. The molecule has 110 valence electrons. The van der Waals surface area contributed by atoms with Gasteiger partial charge in [-0.3, -0.25) is 20.6 Å². The maximum Gasteiger partial charge on any atom is 0.0644 e. The van der Waals surface area contributed by atoms with Gasteiger partial charge in [-0.25, -0.2) is 0 Å². The molecule has 0 aliphatic carbocycles. The van der Waals surface area contributed by atoms with Crippen molar-refractivity contribution in [2.24, 2.45) is 12.9 Å². The third-order valence-corrected chi connectivity index (χ3v) is 3.72. The van der Waals surface area contributed by atoms with Crippen molar-refractivity contribution in [1.29, 1.82) is 0 Å². The molecule has 2 rings (SSSR count). The van der Waals surface area contributed by atoms with Gasteiger partial charge in [-0.1, -0.05) is 0 Å². The zero-order valence-corrected chi connectivity index (χ0v) is 12.9. The number of aromatic nitrogens is 4. The molecule has 0 aliphatic rings. The highest BCUT2D eigenvalue weighted by molar-refractivity contribution is 5.29. The molecule has 3 N–H and O–H groups in total. The van der Waals surface area contributed by atoms with Gasteiger partial charge in [-0.2, -0.15) is 10.2 Å². The summed E-state index contributed by atoms with van der Waals surface area (Å²) in [5, 5.41) is 9.03. The van der Waals surface area contributed by atoms with Crippen molar-refractivity contribution in [2.45, 2.75) is 46.2 Å². The Labute approximate surface area is 119 Å². The van der Waals surface area contributed by atoms with E-state index >= 15 is 0 Å². The van der Waals surface area contributed by atoms with Gasteiger partial charge in [0.2, 0.25) is 0 Å². The Morgan fingerprint density at radius 3 is 2.45 bits per heavy atom. The van der Waals surface area contributed by atoms with E-state index in [9.17, 15) is 0 Å². The molecule has 2 aromatic rings. The average molecular weight is 276 g/mol. The van der Waals surface area contributed by atoms with E-state index in [0.717, 1.165) is 29.1 Å². The number of nitrogens with zero attached hydrogens (tertiary/aromatic N) is 4. The van der Waals surface area contributed by atoms with Crippen LogP contribution in [0.4, 0.5) is 0 Å². The lowest BCUT2D eigenvalue weighted by atomic mass is 10.0. The molecule has 1 atom stereocenters. The lowest BCUT2D eigenvalue weighted by Gasteiger charge is -2.15. The number of hydrazine groups is 1. The first-order chi connectivity index (χ1) is 9.43. The van der Waals surface area contributed by atoms with Crippen LogP contribution >= 0.6 is 0 Å². The highest BCUT2D eigenvalue weighted by Crippen LogP contribution is 2.23. The summed E-state index contributed by atoms with van der Waals surface area (Å²) < 4.78 is 3.85. The normalized spacial score (nSPS) is 13.2. The Morgan fingerprint density at radius 1 is 1.30 bits per heavy atom. The Kier molecular flexibility index (Phi) is 4.25. The summed E-state index contributed by atoms with van der Waals surface area (Å²) in [4.78, 5) is 0. The van der Waals surface area contributed by atoms with Crippen LogP contribution < -0.4 is 11.3 Å². The van der Waals surface area contributed by atoms with Gasteiger partial charge in [-0.15, -0.1) is 0 Å². The van der Waals surface area contributed by atoms with Gasteiger partial charge >= 0.3 is 0 Å². The van der Waals surface area contributed by atoms with Crippen molar-refractivity contribution in [2.75, 3.05) is 0 Å². The average Bonchev–Trinajstić information content (AvgIpc) is 2.94. The largest absolute Gasteiger partial charge is 0.272 e. The molecule has 0 bridgehead atoms. The molecule has 20 heavy (non-hydrogen) atoms. The van der Waals surface area contributed by atoms with Crippen LogP contribution in [-0.4, -0.2) is 19.6 Å². The first kappa shape index (κ1) is 14.7. The van der Waals surface area contributed by atoms with Gasteiger partial charge in [-0.05, 0) is 33.8 Å². The molecule has 0 fully saturated rings. The molecule has 0 spiro atoms. The molecule has 1 unspecified atom stereocenters. The Hall–Kier alpha value is -1.66. The molecule has 0 saturated heterocycles. The minimum Gasteiger partial charge on any atom is -0.272 e. The van der Waals surface area contributed by atoms with Crippen molar-refractivity contribution in [3.8, 4) is 0 Å². The number of hydrogen-bond acceptors (Lipinski definition) is 4. The summed E-state index contributed by atoms with van der Waals surface area (Å²) in [7, 11) is 1.95.